The highest BCUT2D eigenvalue weighted by atomic mass is 16.5. The van der Waals surface area contributed by atoms with Crippen LogP contribution in [0.3, 0.4) is 0 Å². The number of urea groups is 1. The zero-order valence-corrected chi connectivity index (χ0v) is 17.8. The second-order valence-corrected chi connectivity index (χ2v) is 7.62. The molecule has 2 aromatic carbocycles. The van der Waals surface area contributed by atoms with Crippen LogP contribution in [0.2, 0.25) is 0 Å². The van der Waals surface area contributed by atoms with Gasteiger partial charge in [0.25, 0.3) is 0 Å². The Morgan fingerprint density at radius 1 is 1.10 bits per heavy atom. The van der Waals surface area contributed by atoms with E-state index < -0.39 is 12.0 Å². The van der Waals surface area contributed by atoms with Gasteiger partial charge in [-0.2, -0.15) is 0 Å². The summed E-state index contributed by atoms with van der Waals surface area (Å²) in [4.78, 5) is 25.1. The number of carbonyl (C=O) groups is 2. The Morgan fingerprint density at radius 2 is 1.83 bits per heavy atom. The number of rotatable bonds is 7. The number of amides is 2. The molecule has 2 aromatic rings. The van der Waals surface area contributed by atoms with E-state index in [2.05, 4.69) is 10.6 Å². The maximum absolute atomic E-state index is 12.8. The second kappa shape index (κ2) is 9.48. The number of ether oxygens (including phenoxy) is 2. The van der Waals surface area contributed by atoms with Gasteiger partial charge >= 0.3 is 12.0 Å². The summed E-state index contributed by atoms with van der Waals surface area (Å²) in [5.74, 6) is 1.00. The van der Waals surface area contributed by atoms with Crippen LogP contribution in [-0.2, 0) is 9.53 Å². The number of aryl methyl sites for hydroxylation is 1. The van der Waals surface area contributed by atoms with E-state index in [-0.39, 0.29) is 12.1 Å². The van der Waals surface area contributed by atoms with Gasteiger partial charge in [0, 0.05) is 5.70 Å². The molecule has 2 amide bonds. The molecule has 158 valence electrons. The van der Waals surface area contributed by atoms with Crippen LogP contribution in [-0.4, -0.2) is 18.1 Å². The van der Waals surface area contributed by atoms with E-state index in [0.29, 0.717) is 23.4 Å². The Bertz CT molecular complexity index is 948. The molecule has 1 unspecified atom stereocenters. The van der Waals surface area contributed by atoms with Gasteiger partial charge in [-0.3, -0.25) is 0 Å². The molecule has 1 heterocycles. The molecule has 0 radical (unpaired) electrons. The molecule has 6 nitrogen and oxygen atoms in total. The van der Waals surface area contributed by atoms with Gasteiger partial charge in [-0.1, -0.05) is 37.6 Å². The Kier molecular flexibility index (Phi) is 6.77. The summed E-state index contributed by atoms with van der Waals surface area (Å²) < 4.78 is 11.4. The lowest BCUT2D eigenvalue weighted by Gasteiger charge is -2.30. The minimum Gasteiger partial charge on any atom is -0.459 e. The highest BCUT2D eigenvalue weighted by Gasteiger charge is 2.33. The summed E-state index contributed by atoms with van der Waals surface area (Å²) in [5.41, 5.74) is 2.95. The third kappa shape index (κ3) is 5.20. The van der Waals surface area contributed by atoms with Crippen LogP contribution >= 0.6 is 0 Å². The fourth-order valence-corrected chi connectivity index (χ4v) is 3.38. The quantitative estimate of drug-likeness (QED) is 0.622. The van der Waals surface area contributed by atoms with Crippen molar-refractivity contribution in [3.63, 3.8) is 0 Å². The average molecular weight is 408 g/mol. The number of allylic oxidation sites excluding steroid dienone is 1. The van der Waals surface area contributed by atoms with Gasteiger partial charge in [0.2, 0.25) is 0 Å². The van der Waals surface area contributed by atoms with Crippen LogP contribution in [0.1, 0.15) is 50.8 Å². The lowest BCUT2D eigenvalue weighted by atomic mass is 9.93. The monoisotopic (exact) mass is 408 g/mol. The lowest BCUT2D eigenvalue weighted by molar-refractivity contribution is -0.143. The van der Waals surface area contributed by atoms with Crippen LogP contribution < -0.4 is 15.4 Å². The molecule has 6 heteroatoms. The van der Waals surface area contributed by atoms with Crippen LogP contribution in [0.25, 0.3) is 0 Å². The van der Waals surface area contributed by atoms with E-state index >= 15 is 0 Å². The van der Waals surface area contributed by atoms with Crippen molar-refractivity contribution in [2.24, 2.45) is 0 Å². The third-order valence-corrected chi connectivity index (χ3v) is 4.65. The average Bonchev–Trinajstić information content (AvgIpc) is 2.68. The van der Waals surface area contributed by atoms with E-state index in [4.69, 9.17) is 9.47 Å². The normalized spacial score (nSPS) is 16.2. The first kappa shape index (κ1) is 21.4. The van der Waals surface area contributed by atoms with E-state index in [1.807, 2.05) is 62.4 Å². The molecule has 3 rings (SSSR count). The Labute approximate surface area is 177 Å². The first-order valence-corrected chi connectivity index (χ1v) is 10.2. The van der Waals surface area contributed by atoms with E-state index in [1.165, 1.54) is 0 Å². The zero-order chi connectivity index (χ0) is 21.7. The van der Waals surface area contributed by atoms with Gasteiger partial charge in [-0.15, -0.1) is 0 Å². The first-order chi connectivity index (χ1) is 14.4. The van der Waals surface area contributed by atoms with Gasteiger partial charge < -0.3 is 20.1 Å². The molecular formula is C24H28N2O4. The smallest absolute Gasteiger partial charge is 0.338 e. The fourth-order valence-electron chi connectivity index (χ4n) is 3.38. The van der Waals surface area contributed by atoms with Crippen LogP contribution in [0.15, 0.2) is 59.8 Å². The highest BCUT2D eigenvalue weighted by molar-refractivity contribution is 5.95. The molecule has 0 fully saturated rings. The van der Waals surface area contributed by atoms with Crippen LogP contribution in [0.5, 0.6) is 11.5 Å². The number of benzene rings is 2. The Hall–Kier alpha value is -3.28. The van der Waals surface area contributed by atoms with Crippen molar-refractivity contribution in [2.45, 2.75) is 52.7 Å². The number of hydrogen-bond donors (Lipinski definition) is 2. The van der Waals surface area contributed by atoms with Crippen molar-refractivity contribution in [2.75, 3.05) is 0 Å². The van der Waals surface area contributed by atoms with E-state index in [0.717, 1.165) is 23.3 Å². The number of esters is 1. The van der Waals surface area contributed by atoms with Crippen molar-refractivity contribution in [1.82, 2.24) is 10.6 Å². The largest absolute Gasteiger partial charge is 0.459 e. The summed E-state index contributed by atoms with van der Waals surface area (Å²) in [6, 6.07) is 14.3. The molecule has 2 N–H and O–H groups in total. The van der Waals surface area contributed by atoms with Crippen molar-refractivity contribution in [1.29, 1.82) is 0 Å². The molecule has 0 aromatic heterocycles. The SMILES string of the molecule is CCCC1=C(C(=O)OC(C)C)C(c2ccc(Oc3cccc(C)c3)cc2)NC(=O)N1. The molecule has 0 aliphatic carbocycles. The summed E-state index contributed by atoms with van der Waals surface area (Å²) in [6.45, 7) is 7.62. The van der Waals surface area contributed by atoms with E-state index in [1.54, 1.807) is 13.8 Å². The standard InChI is InChI=1S/C24H28N2O4/c1-5-7-20-21(23(27)29-15(2)3)22(26-24(28)25-20)17-10-12-18(13-11-17)30-19-9-6-8-16(4)14-19/h6,8-15,22H,5,7H2,1-4H3,(H2,25,26,28). The predicted octanol–water partition coefficient (Wildman–Crippen LogP) is 5.15. The molecule has 1 aliphatic rings. The summed E-state index contributed by atoms with van der Waals surface area (Å²) in [5, 5.41) is 5.63. The number of nitrogens with one attached hydrogen (secondary N) is 2. The van der Waals surface area contributed by atoms with Crippen LogP contribution in [0, 0.1) is 6.92 Å². The molecule has 0 spiro atoms. The maximum atomic E-state index is 12.8. The predicted molar refractivity (Wildman–Crippen MR) is 115 cm³/mol. The molecule has 0 saturated heterocycles. The highest BCUT2D eigenvalue weighted by Crippen LogP contribution is 2.31. The molecule has 0 bridgehead atoms. The van der Waals surface area contributed by atoms with Crippen molar-refractivity contribution in [3.8, 4) is 11.5 Å². The molecular weight excluding hydrogens is 380 g/mol. The van der Waals surface area contributed by atoms with Crippen molar-refractivity contribution >= 4 is 12.0 Å². The molecule has 1 aliphatic heterocycles. The van der Waals surface area contributed by atoms with E-state index in [9.17, 15) is 9.59 Å². The Balaban J connectivity index is 1.89. The summed E-state index contributed by atoms with van der Waals surface area (Å²) in [6.07, 6.45) is 1.13. The molecule has 1 atom stereocenters. The maximum Gasteiger partial charge on any atom is 0.338 e. The third-order valence-electron chi connectivity index (χ3n) is 4.65. The zero-order valence-electron chi connectivity index (χ0n) is 17.8. The Morgan fingerprint density at radius 3 is 2.47 bits per heavy atom. The summed E-state index contributed by atoms with van der Waals surface area (Å²) in [7, 11) is 0. The topological polar surface area (TPSA) is 76.7 Å². The molecule has 0 saturated carbocycles. The van der Waals surface area contributed by atoms with Gasteiger partial charge in [-0.25, -0.2) is 9.59 Å². The van der Waals surface area contributed by atoms with Crippen molar-refractivity contribution < 1.29 is 19.1 Å². The number of carbonyl (C=O) groups excluding carboxylic acids is 2. The molecule has 30 heavy (non-hydrogen) atoms. The van der Waals surface area contributed by atoms with Gasteiger partial charge in [0.1, 0.15) is 11.5 Å². The number of hydrogen-bond acceptors (Lipinski definition) is 4. The second-order valence-electron chi connectivity index (χ2n) is 7.62. The van der Waals surface area contributed by atoms with Crippen LogP contribution in [0.4, 0.5) is 4.79 Å². The summed E-state index contributed by atoms with van der Waals surface area (Å²) >= 11 is 0. The fraction of sp³-hybridized carbons (Fsp3) is 0.333. The minimum atomic E-state index is -0.584. The van der Waals surface area contributed by atoms with Gasteiger partial charge in [-0.05, 0) is 62.6 Å². The van der Waals surface area contributed by atoms with Gasteiger partial charge in [0.05, 0.1) is 17.7 Å². The first-order valence-electron chi connectivity index (χ1n) is 10.2. The minimum absolute atomic E-state index is 0.253. The van der Waals surface area contributed by atoms with Gasteiger partial charge in [0.15, 0.2) is 0 Å². The van der Waals surface area contributed by atoms with Crippen molar-refractivity contribution in [3.05, 3.63) is 70.9 Å². The lowest BCUT2D eigenvalue weighted by Crippen LogP contribution is -2.46.